The number of quaternary nitrogens is 1. The first-order chi connectivity index (χ1) is 9.56. The molecule has 0 saturated heterocycles. The van der Waals surface area contributed by atoms with Crippen molar-refractivity contribution in [1.29, 1.82) is 0 Å². The van der Waals surface area contributed by atoms with Crippen LogP contribution in [0.4, 0.5) is 0 Å². The Hall–Kier alpha value is 1.54. The third-order valence-electron chi connectivity index (χ3n) is 4.18. The molecule has 4 heteroatoms. The van der Waals surface area contributed by atoms with E-state index >= 15 is 0 Å². The topological polar surface area (TPSA) is 0 Å². The molecule has 1 nitrogen and oxygen atoms in total. The van der Waals surface area contributed by atoms with E-state index in [4.69, 9.17) is 0 Å². The first-order valence-electron chi connectivity index (χ1n) is 9.36. The van der Waals surface area contributed by atoms with E-state index in [0.717, 1.165) is 4.48 Å². The van der Waals surface area contributed by atoms with Gasteiger partial charge in [-0.15, -0.1) is 0 Å². The maximum absolute atomic E-state index is 2.29. The van der Waals surface area contributed by atoms with Crippen LogP contribution in [0.1, 0.15) is 96.8 Å². The molecular weight excluding hydrogens is 336 g/mol. The van der Waals surface area contributed by atoms with Crippen molar-refractivity contribution in [3.63, 3.8) is 0 Å². The van der Waals surface area contributed by atoms with Crippen molar-refractivity contribution in [1.82, 2.24) is 0 Å². The molecule has 0 aliphatic heterocycles. The van der Waals surface area contributed by atoms with E-state index < -0.39 is 0 Å². The van der Waals surface area contributed by atoms with Crippen LogP contribution in [0.5, 0.6) is 0 Å². The predicted octanol–water partition coefficient (Wildman–Crippen LogP) is -2.81. The molecule has 0 rings (SSSR count). The Bertz CT molecular complexity index is 196. The van der Waals surface area contributed by atoms with Crippen LogP contribution in [0, 0.1) is 0 Å². The van der Waals surface area contributed by atoms with E-state index in [1.165, 1.54) is 96.4 Å². The molecule has 0 saturated carbocycles. The van der Waals surface area contributed by atoms with Crippen LogP contribution in [0.2, 0.25) is 0 Å². The molecule has 0 radical (unpaired) electrons. The summed E-state index contributed by atoms with van der Waals surface area (Å²) in [6, 6.07) is 0. The number of hydrogen-bond donors (Lipinski definition) is 0. The second-order valence-corrected chi connectivity index (χ2v) is 7.61. The van der Waals surface area contributed by atoms with Crippen molar-refractivity contribution in [2.24, 2.45) is 0 Å². The average molecular weight is 378 g/mol. The first kappa shape index (κ1) is 32.2. The normalized spacial score (nSPS) is 10.4. The van der Waals surface area contributed by atoms with Gasteiger partial charge in [-0.2, -0.15) is 0 Å². The van der Waals surface area contributed by atoms with Gasteiger partial charge in [0.25, 0.3) is 0 Å². The summed E-state index contributed by atoms with van der Waals surface area (Å²) in [5, 5.41) is 0. The Kier molecular flexibility index (Phi) is 33.0. The Labute approximate surface area is 182 Å². The monoisotopic (exact) mass is 377 g/mol. The summed E-state index contributed by atoms with van der Waals surface area (Å²) in [5.74, 6) is 0. The first-order valence-corrected chi connectivity index (χ1v) is 9.36. The van der Waals surface area contributed by atoms with Crippen LogP contribution < -0.4 is 54.4 Å². The number of rotatable bonds is 15. The van der Waals surface area contributed by atoms with Crippen molar-refractivity contribution in [2.75, 3.05) is 27.7 Å². The van der Waals surface area contributed by atoms with Gasteiger partial charge in [-0.1, -0.05) is 84.0 Å². The predicted molar refractivity (Wildman–Crippen MR) is 93.2 cm³/mol. The minimum Gasteiger partial charge on any atom is -1.00 e. The van der Waals surface area contributed by atoms with E-state index in [1.807, 2.05) is 0 Å². The van der Waals surface area contributed by atoms with Crippen LogP contribution in [0.25, 0.3) is 0 Å². The van der Waals surface area contributed by atoms with Gasteiger partial charge in [0.05, 0.1) is 27.7 Å². The molecule has 0 bridgehead atoms. The van der Waals surface area contributed by atoms with Gasteiger partial charge in [-0.3, -0.25) is 0 Å². The van der Waals surface area contributed by atoms with Crippen molar-refractivity contribution in [2.45, 2.75) is 96.8 Å². The molecule has 0 spiro atoms. The Morgan fingerprint density at radius 1 is 0.478 bits per heavy atom. The van der Waals surface area contributed by atoms with Crippen molar-refractivity contribution < 1.29 is 58.9 Å². The zero-order chi connectivity index (χ0) is 15.1. The molecule has 0 heterocycles. The van der Waals surface area contributed by atoms with Gasteiger partial charge in [0, 0.05) is 0 Å². The number of hydrogen-bond acceptors (Lipinski definition) is 0. The average Bonchev–Trinajstić information content (AvgIpc) is 2.38. The van der Waals surface area contributed by atoms with E-state index in [0.29, 0.717) is 0 Å². The zero-order valence-corrected chi connectivity index (χ0v) is 20.3. The van der Waals surface area contributed by atoms with Gasteiger partial charge in [-0.05, 0) is 12.8 Å². The molecule has 0 aliphatic carbocycles. The standard InChI is InChI=1S/C19H42N.2ClH.Na/c1-5-6-7-8-9-10-11-12-13-14-15-16-17-18-19-20(2,3)4;;;/h5-19H2,1-4H3;2*1H;/q+1;;;+1/p-2. The molecule has 0 aliphatic rings. The summed E-state index contributed by atoms with van der Waals surface area (Å²) in [5.41, 5.74) is 0. The quantitative estimate of drug-likeness (QED) is 0.164. The maximum Gasteiger partial charge on any atom is 1.00 e. The van der Waals surface area contributed by atoms with E-state index in [-0.39, 0.29) is 54.4 Å². The molecule has 0 N–H and O–H groups in total. The third kappa shape index (κ3) is 31.8. The van der Waals surface area contributed by atoms with Gasteiger partial charge in [0.15, 0.2) is 0 Å². The SMILES string of the molecule is CCCCCCCCCCCCCCCC[N+](C)(C)C.[Cl-].[Cl-].[Na+]. The molecule has 0 unspecified atom stereocenters. The van der Waals surface area contributed by atoms with Gasteiger partial charge in [0.1, 0.15) is 0 Å². The minimum absolute atomic E-state index is 0. The molecular formula is C19H42Cl2NNa. The van der Waals surface area contributed by atoms with Crippen LogP contribution in [-0.4, -0.2) is 32.2 Å². The molecule has 138 valence electrons. The fraction of sp³-hybridized carbons (Fsp3) is 1.00. The molecule has 0 atom stereocenters. The summed E-state index contributed by atoms with van der Waals surface area (Å²) < 4.78 is 1.12. The van der Waals surface area contributed by atoms with Crippen LogP contribution in [-0.2, 0) is 0 Å². The third-order valence-corrected chi connectivity index (χ3v) is 4.18. The van der Waals surface area contributed by atoms with E-state index in [1.54, 1.807) is 0 Å². The Morgan fingerprint density at radius 2 is 0.739 bits per heavy atom. The van der Waals surface area contributed by atoms with Crippen molar-refractivity contribution in [3.05, 3.63) is 0 Å². The van der Waals surface area contributed by atoms with Crippen LogP contribution in [0.15, 0.2) is 0 Å². The summed E-state index contributed by atoms with van der Waals surface area (Å²) in [6.07, 6.45) is 20.4. The Balaban J connectivity index is -0.000000602. The smallest absolute Gasteiger partial charge is 1.00 e. The van der Waals surface area contributed by atoms with Crippen LogP contribution >= 0.6 is 0 Å². The number of nitrogens with zero attached hydrogens (tertiary/aromatic N) is 1. The van der Waals surface area contributed by atoms with Gasteiger partial charge < -0.3 is 29.3 Å². The minimum atomic E-state index is 0. The summed E-state index contributed by atoms with van der Waals surface area (Å²) in [7, 11) is 6.88. The molecule has 0 fully saturated rings. The van der Waals surface area contributed by atoms with E-state index in [9.17, 15) is 0 Å². The molecule has 0 aromatic rings. The summed E-state index contributed by atoms with van der Waals surface area (Å²) >= 11 is 0. The van der Waals surface area contributed by atoms with E-state index in [2.05, 4.69) is 28.1 Å². The molecule has 0 amide bonds. The second-order valence-electron chi connectivity index (χ2n) is 7.61. The van der Waals surface area contributed by atoms with Crippen LogP contribution in [0.3, 0.4) is 0 Å². The van der Waals surface area contributed by atoms with Crippen molar-refractivity contribution >= 4 is 0 Å². The van der Waals surface area contributed by atoms with Gasteiger partial charge in [-0.25, -0.2) is 0 Å². The fourth-order valence-electron chi connectivity index (χ4n) is 2.78. The molecule has 23 heavy (non-hydrogen) atoms. The number of unbranched alkanes of at least 4 members (excludes halogenated alkanes) is 13. The van der Waals surface area contributed by atoms with Crippen molar-refractivity contribution in [3.8, 4) is 0 Å². The number of halogens is 2. The molecule has 0 aromatic heterocycles. The van der Waals surface area contributed by atoms with Gasteiger partial charge >= 0.3 is 29.6 Å². The fourth-order valence-corrected chi connectivity index (χ4v) is 2.78. The summed E-state index contributed by atoms with van der Waals surface area (Å²) in [4.78, 5) is 0. The second kappa shape index (κ2) is 23.5. The molecule has 0 aromatic carbocycles. The largest absolute Gasteiger partial charge is 1.00 e. The Morgan fingerprint density at radius 3 is 1.00 bits per heavy atom. The van der Waals surface area contributed by atoms with Gasteiger partial charge in [0.2, 0.25) is 0 Å². The summed E-state index contributed by atoms with van der Waals surface area (Å²) in [6.45, 7) is 3.63. The zero-order valence-electron chi connectivity index (χ0n) is 16.8. The maximum atomic E-state index is 2.29.